The molecule has 4 aliphatic carbocycles. The summed E-state index contributed by atoms with van der Waals surface area (Å²) in [5.41, 5.74) is 1.02. The van der Waals surface area contributed by atoms with Crippen LogP contribution in [0.3, 0.4) is 0 Å². The Hall–Kier alpha value is -0.950. The van der Waals surface area contributed by atoms with Gasteiger partial charge < -0.3 is 10.0 Å². The maximum absolute atomic E-state index is 14.6. The molecule has 8 atom stereocenters. The molecule has 2 nitrogen and oxygen atoms in total. The predicted octanol–water partition coefficient (Wildman–Crippen LogP) is 10.1. The second-order valence-corrected chi connectivity index (χ2v) is 16.7. The molecule has 42 heavy (non-hydrogen) atoms. The lowest BCUT2D eigenvalue weighted by atomic mass is 9.42. The van der Waals surface area contributed by atoms with Crippen molar-refractivity contribution < 1.29 is 13.2 Å². The van der Waals surface area contributed by atoms with Crippen molar-refractivity contribution in [3.8, 4) is 0 Å². The number of fused-ring (bicyclic) bond motifs is 5. The number of hydrogen-bond donors (Lipinski definition) is 2. The summed E-state index contributed by atoms with van der Waals surface area (Å²) in [6, 6.07) is 8.01. The van der Waals surface area contributed by atoms with E-state index in [4.69, 9.17) is 12.2 Å². The van der Waals surface area contributed by atoms with Crippen molar-refractivity contribution in [1.29, 1.82) is 0 Å². The number of hydrogen-bond acceptors (Lipinski definition) is 2. The van der Waals surface area contributed by atoms with Crippen LogP contribution in [-0.2, 0) is 5.41 Å². The van der Waals surface area contributed by atoms with Crippen LogP contribution in [-0.4, -0.2) is 24.3 Å². The highest BCUT2D eigenvalue weighted by atomic mass is 32.2. The highest BCUT2D eigenvalue weighted by molar-refractivity contribution is 7.99. The zero-order chi connectivity index (χ0) is 30.3. The molecule has 0 heterocycles. The summed E-state index contributed by atoms with van der Waals surface area (Å²) < 4.78 is 45.6. The molecule has 236 valence electrons. The molecule has 0 radical (unpaired) electrons. The normalized spacial score (nSPS) is 37.3. The van der Waals surface area contributed by atoms with Crippen LogP contribution in [0.2, 0.25) is 0 Å². The van der Waals surface area contributed by atoms with Gasteiger partial charge in [-0.3, -0.25) is 4.39 Å². The molecule has 7 heteroatoms. The smallest absolute Gasteiger partial charge is 0.248 e. The van der Waals surface area contributed by atoms with Crippen LogP contribution in [0.4, 0.5) is 13.2 Å². The minimum atomic E-state index is -2.46. The molecular weight excluding hydrogens is 570 g/mol. The van der Waals surface area contributed by atoms with Crippen LogP contribution >= 0.6 is 24.2 Å². The summed E-state index contributed by atoms with van der Waals surface area (Å²) in [5.74, 6) is 1.04. The zero-order valence-corrected chi connectivity index (χ0v) is 28.0. The van der Waals surface area contributed by atoms with Crippen LogP contribution in [0.1, 0.15) is 111 Å². The van der Waals surface area contributed by atoms with Crippen LogP contribution in [0, 0.1) is 46.3 Å². The van der Waals surface area contributed by atoms with Gasteiger partial charge in [0.15, 0.2) is 5.11 Å². The third kappa shape index (κ3) is 6.26. The SMILES string of the molecule is CC[C@H]1CC2C3CCC(CCCNC(=S)NSc4ccc(C(C)(C)CF)cc4)C3(C)CC[C@@H]2C2(C)CCC(F)(F)CC12. The Morgan fingerprint density at radius 3 is 2.40 bits per heavy atom. The molecule has 0 amide bonds. The summed E-state index contributed by atoms with van der Waals surface area (Å²) in [7, 11) is 0. The Bertz CT molecular complexity index is 1090. The van der Waals surface area contributed by atoms with Gasteiger partial charge in [-0.25, -0.2) is 8.78 Å². The van der Waals surface area contributed by atoms with Crippen molar-refractivity contribution in [3.63, 3.8) is 0 Å². The third-order valence-corrected chi connectivity index (χ3v) is 14.0. The van der Waals surface area contributed by atoms with Crippen molar-refractivity contribution in [3.05, 3.63) is 29.8 Å². The molecule has 4 aliphatic rings. The fourth-order valence-corrected chi connectivity index (χ4v) is 11.0. The average Bonchev–Trinajstić information content (AvgIpc) is 3.30. The lowest BCUT2D eigenvalue weighted by molar-refractivity contribution is -0.183. The second-order valence-electron chi connectivity index (χ2n) is 15.4. The minimum Gasteiger partial charge on any atom is -0.362 e. The van der Waals surface area contributed by atoms with E-state index < -0.39 is 11.3 Å². The van der Waals surface area contributed by atoms with E-state index in [9.17, 15) is 13.2 Å². The summed E-state index contributed by atoms with van der Waals surface area (Å²) in [6.07, 6.45) is 10.6. The minimum absolute atomic E-state index is 0.0948. The number of thiocarbonyl (C=S) groups is 1. The average molecular weight is 623 g/mol. The molecule has 6 unspecified atom stereocenters. The maximum atomic E-state index is 14.6. The first-order valence-electron chi connectivity index (χ1n) is 16.6. The molecule has 0 saturated heterocycles. The van der Waals surface area contributed by atoms with Crippen LogP contribution in [0.15, 0.2) is 29.2 Å². The van der Waals surface area contributed by atoms with Crippen molar-refractivity contribution in [2.24, 2.45) is 46.3 Å². The van der Waals surface area contributed by atoms with Gasteiger partial charge >= 0.3 is 0 Å². The first kappa shape index (κ1) is 32.4. The third-order valence-electron chi connectivity index (χ3n) is 12.8. The van der Waals surface area contributed by atoms with Crippen molar-refractivity contribution in [2.75, 3.05) is 13.2 Å². The van der Waals surface area contributed by atoms with E-state index in [1.54, 1.807) is 0 Å². The van der Waals surface area contributed by atoms with E-state index in [0.717, 1.165) is 54.0 Å². The van der Waals surface area contributed by atoms with Gasteiger partial charge in [0.25, 0.3) is 0 Å². The number of rotatable bonds is 9. The first-order valence-corrected chi connectivity index (χ1v) is 17.8. The molecule has 4 saturated carbocycles. The first-order chi connectivity index (χ1) is 19.8. The molecule has 2 N–H and O–H groups in total. The van der Waals surface area contributed by atoms with Gasteiger partial charge in [0, 0.05) is 29.7 Å². The molecule has 0 bridgehead atoms. The van der Waals surface area contributed by atoms with Gasteiger partial charge in [-0.2, -0.15) is 0 Å². The number of alkyl halides is 3. The number of halogens is 3. The van der Waals surface area contributed by atoms with Crippen LogP contribution in [0.25, 0.3) is 0 Å². The van der Waals surface area contributed by atoms with E-state index in [1.807, 2.05) is 38.1 Å². The quantitative estimate of drug-likeness (QED) is 0.163. The Morgan fingerprint density at radius 1 is 1.00 bits per heavy atom. The van der Waals surface area contributed by atoms with E-state index in [0.29, 0.717) is 22.4 Å². The molecule has 1 aromatic rings. The lowest BCUT2D eigenvalue weighted by Crippen LogP contribution is -2.57. The fourth-order valence-electron chi connectivity index (χ4n) is 10.2. The largest absolute Gasteiger partial charge is 0.362 e. The molecule has 0 aliphatic heterocycles. The second kappa shape index (κ2) is 12.4. The Morgan fingerprint density at radius 2 is 1.71 bits per heavy atom. The maximum Gasteiger partial charge on any atom is 0.248 e. The summed E-state index contributed by atoms with van der Waals surface area (Å²) in [4.78, 5) is 1.05. The summed E-state index contributed by atoms with van der Waals surface area (Å²) in [6.45, 7) is 11.5. The molecule has 0 spiro atoms. The summed E-state index contributed by atoms with van der Waals surface area (Å²) in [5, 5.41) is 4.05. The molecule has 5 rings (SSSR count). The molecule has 4 fully saturated rings. The van der Waals surface area contributed by atoms with Gasteiger partial charge in [-0.15, -0.1) is 0 Å². The van der Waals surface area contributed by atoms with Gasteiger partial charge in [0.2, 0.25) is 5.92 Å². The Kier molecular flexibility index (Phi) is 9.61. The summed E-state index contributed by atoms with van der Waals surface area (Å²) >= 11 is 7.02. The topological polar surface area (TPSA) is 24.1 Å². The van der Waals surface area contributed by atoms with Gasteiger partial charge in [-0.05, 0) is 140 Å². The highest BCUT2D eigenvalue weighted by Gasteiger charge is 2.63. The van der Waals surface area contributed by atoms with E-state index in [2.05, 4.69) is 30.8 Å². The van der Waals surface area contributed by atoms with Gasteiger partial charge in [0.1, 0.15) is 0 Å². The lowest BCUT2D eigenvalue weighted by Gasteiger charge is -2.63. The molecule has 0 aromatic heterocycles. The van der Waals surface area contributed by atoms with Crippen molar-refractivity contribution >= 4 is 29.3 Å². The highest BCUT2D eigenvalue weighted by Crippen LogP contribution is 2.70. The van der Waals surface area contributed by atoms with Gasteiger partial charge in [-0.1, -0.05) is 53.2 Å². The number of benzene rings is 1. The van der Waals surface area contributed by atoms with Crippen LogP contribution < -0.4 is 10.0 Å². The fraction of sp³-hybridized carbons (Fsp3) is 0.800. The van der Waals surface area contributed by atoms with E-state index in [1.165, 1.54) is 50.5 Å². The molecule has 1 aromatic carbocycles. The zero-order valence-electron chi connectivity index (χ0n) is 26.4. The monoisotopic (exact) mass is 622 g/mol. The Balaban J connectivity index is 1.10. The van der Waals surface area contributed by atoms with Crippen molar-refractivity contribution in [2.45, 2.75) is 121 Å². The van der Waals surface area contributed by atoms with E-state index in [-0.39, 0.29) is 30.8 Å². The van der Waals surface area contributed by atoms with Crippen molar-refractivity contribution in [1.82, 2.24) is 10.0 Å². The van der Waals surface area contributed by atoms with Crippen LogP contribution in [0.5, 0.6) is 0 Å². The van der Waals surface area contributed by atoms with Gasteiger partial charge in [0.05, 0.1) is 6.67 Å². The predicted molar refractivity (Wildman–Crippen MR) is 174 cm³/mol. The van der Waals surface area contributed by atoms with E-state index >= 15 is 0 Å². The number of nitrogens with one attached hydrogen (secondary N) is 2. The standard InChI is InChI=1S/C35H53F3N2S2/c1-6-23-20-27-28-14-11-25(33(28,4)16-15-29(27)34(5)17-18-35(37,38)21-30(23)34)8-7-19-39-31(41)40-42-26-12-9-24(10-13-26)32(2,3)22-36/h9-10,12-13,23,25,27-30H,6-8,11,14-22H2,1-5H3,(H2,39,40,41)/t23-,25?,27?,28?,29-,30?,33?,34?/m0/s1. The Labute approximate surface area is 262 Å². The molecular formula is C35H53F3N2S2.